The molecule has 0 amide bonds. The van der Waals surface area contributed by atoms with Crippen LogP contribution in [-0.4, -0.2) is 23.0 Å². The first kappa shape index (κ1) is 14.5. The van der Waals surface area contributed by atoms with Crippen LogP contribution in [0, 0.1) is 0 Å². The first-order valence-corrected chi connectivity index (χ1v) is 6.36. The third-order valence-electron chi connectivity index (χ3n) is 2.58. The number of fused-ring (bicyclic) bond motifs is 1. The van der Waals surface area contributed by atoms with Crippen LogP contribution in [-0.2, 0) is 4.74 Å². The number of carbonyl (C=O) groups excluding carboxylic acids is 1. The maximum Gasteiger partial charge on any atom is 0.376 e. The van der Waals surface area contributed by atoms with Gasteiger partial charge in [-0.05, 0) is 18.2 Å². The lowest BCUT2D eigenvalue weighted by Gasteiger charge is -1.99. The van der Waals surface area contributed by atoms with E-state index in [1.165, 1.54) is 7.11 Å². The van der Waals surface area contributed by atoms with E-state index >= 15 is 0 Å². The molecule has 1 aromatic heterocycles. The van der Waals surface area contributed by atoms with Gasteiger partial charge in [-0.25, -0.2) is 14.8 Å². The summed E-state index contributed by atoms with van der Waals surface area (Å²) in [6, 6.07) is 7.46. The largest absolute Gasteiger partial charge is 0.463 e. The van der Waals surface area contributed by atoms with E-state index in [1.807, 2.05) is 61.0 Å². The number of ether oxygens (including phenoxy) is 1. The zero-order valence-corrected chi connectivity index (χ0v) is 11.6. The Morgan fingerprint density at radius 1 is 1.10 bits per heavy atom. The molecule has 0 radical (unpaired) electrons. The van der Waals surface area contributed by atoms with Gasteiger partial charge in [-0.1, -0.05) is 30.4 Å². The van der Waals surface area contributed by atoms with Gasteiger partial charge in [0.25, 0.3) is 0 Å². The van der Waals surface area contributed by atoms with Crippen molar-refractivity contribution in [3.63, 3.8) is 0 Å². The van der Waals surface area contributed by atoms with E-state index in [1.54, 1.807) is 6.20 Å². The summed E-state index contributed by atoms with van der Waals surface area (Å²) in [7, 11) is 1.31. The highest BCUT2D eigenvalue weighted by molar-refractivity contribution is 5.88. The molecule has 0 saturated heterocycles. The third-order valence-corrected chi connectivity index (χ3v) is 2.58. The Kier molecular flexibility index (Phi) is 5.23. The van der Waals surface area contributed by atoms with Crippen LogP contribution < -0.4 is 5.32 Å². The molecule has 1 N–H and O–H groups in total. The quantitative estimate of drug-likeness (QED) is 0.814. The van der Waals surface area contributed by atoms with Crippen molar-refractivity contribution in [2.24, 2.45) is 0 Å². The van der Waals surface area contributed by atoms with Crippen LogP contribution in [0.4, 0.5) is 0 Å². The predicted molar refractivity (Wildman–Crippen MR) is 81.4 cm³/mol. The van der Waals surface area contributed by atoms with Crippen molar-refractivity contribution in [3.8, 4) is 0 Å². The number of methoxy groups -OCH3 is 1. The number of hydrogen-bond donors (Lipinski definition) is 1. The SMILES string of the molecule is C1=CC=CNC=C1.COC(=O)c1ncc2ccccc2n1. The van der Waals surface area contributed by atoms with Crippen molar-refractivity contribution in [2.45, 2.75) is 0 Å². The first-order chi connectivity index (χ1) is 10.3. The lowest BCUT2D eigenvalue weighted by molar-refractivity contribution is 0.0587. The Labute approximate surface area is 122 Å². The lowest BCUT2D eigenvalue weighted by atomic mass is 10.2. The standard InChI is InChI=1S/C10H8N2O2.C6H7N/c1-14-10(13)9-11-6-7-4-2-3-5-8(7)12-9;1-2-4-6-7-5-3-1/h2-6H,1H3;1-7H. The highest BCUT2D eigenvalue weighted by Gasteiger charge is 2.08. The molecule has 106 valence electrons. The second-order valence-electron chi connectivity index (χ2n) is 4.01. The van der Waals surface area contributed by atoms with Gasteiger partial charge < -0.3 is 10.1 Å². The fraction of sp³-hybridized carbons (Fsp3) is 0.0625. The molecule has 5 nitrogen and oxygen atoms in total. The van der Waals surface area contributed by atoms with Crippen molar-refractivity contribution in [2.75, 3.05) is 7.11 Å². The van der Waals surface area contributed by atoms with Crippen LogP contribution in [0.1, 0.15) is 10.6 Å². The van der Waals surface area contributed by atoms with E-state index < -0.39 is 5.97 Å². The number of benzene rings is 1. The van der Waals surface area contributed by atoms with E-state index in [2.05, 4.69) is 20.0 Å². The van der Waals surface area contributed by atoms with E-state index in [-0.39, 0.29) is 5.82 Å². The molecule has 1 aliphatic rings. The minimum Gasteiger partial charge on any atom is -0.463 e. The summed E-state index contributed by atoms with van der Waals surface area (Å²) in [5, 5.41) is 3.83. The molecule has 0 unspecified atom stereocenters. The molecule has 5 heteroatoms. The summed E-state index contributed by atoms with van der Waals surface area (Å²) in [5.74, 6) is -0.429. The van der Waals surface area contributed by atoms with Crippen LogP contribution in [0.5, 0.6) is 0 Å². The molecule has 0 spiro atoms. The Morgan fingerprint density at radius 3 is 2.52 bits per heavy atom. The second-order valence-corrected chi connectivity index (χ2v) is 4.01. The molecular formula is C16H15N3O2. The van der Waals surface area contributed by atoms with Crippen molar-refractivity contribution in [3.05, 3.63) is 73.0 Å². The zero-order valence-electron chi connectivity index (χ0n) is 11.6. The fourth-order valence-electron chi connectivity index (χ4n) is 1.57. The Balaban J connectivity index is 0.000000194. The number of esters is 1. The van der Waals surface area contributed by atoms with Crippen molar-refractivity contribution >= 4 is 16.9 Å². The van der Waals surface area contributed by atoms with Crippen LogP contribution >= 0.6 is 0 Å². The number of rotatable bonds is 1. The lowest BCUT2D eigenvalue weighted by Crippen LogP contribution is -2.06. The van der Waals surface area contributed by atoms with Gasteiger partial charge in [0.2, 0.25) is 5.82 Å². The molecule has 1 aliphatic heterocycles. The van der Waals surface area contributed by atoms with Gasteiger partial charge in [0, 0.05) is 24.0 Å². The van der Waals surface area contributed by atoms with Crippen LogP contribution in [0.2, 0.25) is 0 Å². The Hall–Kier alpha value is -2.95. The number of carbonyl (C=O) groups is 1. The summed E-state index contributed by atoms with van der Waals surface area (Å²) in [6.07, 6.45) is 13.2. The van der Waals surface area contributed by atoms with Gasteiger partial charge >= 0.3 is 5.97 Å². The summed E-state index contributed by atoms with van der Waals surface area (Å²) in [4.78, 5) is 19.1. The number of nitrogens with one attached hydrogen (secondary N) is 1. The minimum absolute atomic E-state index is 0.0891. The van der Waals surface area contributed by atoms with Crippen molar-refractivity contribution in [1.82, 2.24) is 15.3 Å². The molecule has 2 heterocycles. The predicted octanol–water partition coefficient (Wildman–Crippen LogP) is 2.59. The molecule has 1 aromatic carbocycles. The molecule has 3 rings (SSSR count). The molecule has 0 aliphatic carbocycles. The molecular weight excluding hydrogens is 266 g/mol. The highest BCUT2D eigenvalue weighted by atomic mass is 16.5. The molecule has 0 atom stereocenters. The van der Waals surface area contributed by atoms with Gasteiger partial charge in [-0.2, -0.15) is 0 Å². The topological polar surface area (TPSA) is 64.1 Å². The number of para-hydroxylation sites is 1. The minimum atomic E-state index is -0.518. The Bertz CT molecular complexity index is 691. The second kappa shape index (κ2) is 7.59. The number of nitrogens with zero attached hydrogens (tertiary/aromatic N) is 2. The maximum absolute atomic E-state index is 11.1. The van der Waals surface area contributed by atoms with Gasteiger partial charge in [-0.15, -0.1) is 0 Å². The number of hydrogen-bond acceptors (Lipinski definition) is 5. The highest BCUT2D eigenvalue weighted by Crippen LogP contribution is 2.09. The molecule has 21 heavy (non-hydrogen) atoms. The average molecular weight is 281 g/mol. The summed E-state index contributed by atoms with van der Waals surface area (Å²) < 4.78 is 4.52. The average Bonchev–Trinajstić information content (AvgIpc) is 2.87. The summed E-state index contributed by atoms with van der Waals surface area (Å²) in [6.45, 7) is 0. The van der Waals surface area contributed by atoms with Crippen LogP contribution in [0.15, 0.2) is 67.2 Å². The van der Waals surface area contributed by atoms with Gasteiger partial charge in [-0.3, -0.25) is 0 Å². The Morgan fingerprint density at radius 2 is 1.81 bits per heavy atom. The molecule has 0 bridgehead atoms. The summed E-state index contributed by atoms with van der Waals surface area (Å²) in [5.41, 5.74) is 0.739. The van der Waals surface area contributed by atoms with Gasteiger partial charge in [0.05, 0.1) is 12.6 Å². The summed E-state index contributed by atoms with van der Waals surface area (Å²) >= 11 is 0. The monoisotopic (exact) mass is 281 g/mol. The first-order valence-electron chi connectivity index (χ1n) is 6.36. The van der Waals surface area contributed by atoms with E-state index in [9.17, 15) is 4.79 Å². The van der Waals surface area contributed by atoms with Crippen LogP contribution in [0.25, 0.3) is 10.9 Å². The van der Waals surface area contributed by atoms with Crippen molar-refractivity contribution < 1.29 is 9.53 Å². The smallest absolute Gasteiger partial charge is 0.376 e. The third kappa shape index (κ3) is 4.28. The number of allylic oxidation sites excluding steroid dienone is 4. The van der Waals surface area contributed by atoms with Gasteiger partial charge in [0.15, 0.2) is 0 Å². The van der Waals surface area contributed by atoms with E-state index in [4.69, 9.17) is 0 Å². The fourth-order valence-corrected chi connectivity index (χ4v) is 1.57. The molecule has 0 saturated carbocycles. The normalized spacial score (nSPS) is 12.0. The zero-order chi connectivity index (χ0) is 14.9. The van der Waals surface area contributed by atoms with Crippen LogP contribution in [0.3, 0.4) is 0 Å². The number of aromatic nitrogens is 2. The van der Waals surface area contributed by atoms with E-state index in [0.717, 1.165) is 10.9 Å². The molecule has 2 aromatic rings. The van der Waals surface area contributed by atoms with E-state index in [0.29, 0.717) is 0 Å². The van der Waals surface area contributed by atoms with Gasteiger partial charge in [0.1, 0.15) is 0 Å². The van der Waals surface area contributed by atoms with Crippen molar-refractivity contribution in [1.29, 1.82) is 0 Å². The molecule has 0 fully saturated rings. The maximum atomic E-state index is 11.1.